The van der Waals surface area contributed by atoms with Crippen molar-refractivity contribution in [2.45, 2.75) is 36.9 Å². The van der Waals surface area contributed by atoms with Crippen LogP contribution in [0.25, 0.3) is 0 Å². The van der Waals surface area contributed by atoms with E-state index in [1.807, 2.05) is 11.3 Å². The minimum absolute atomic E-state index is 0. The maximum atomic E-state index is 12.0. The first-order valence-corrected chi connectivity index (χ1v) is 10.7. The molecule has 0 spiro atoms. The predicted molar refractivity (Wildman–Crippen MR) is 121 cm³/mol. The summed E-state index contributed by atoms with van der Waals surface area (Å²) in [5, 5.41) is 5.19. The molecular weight excluding hydrogens is 421 g/mol. The van der Waals surface area contributed by atoms with Crippen LogP contribution in [0.15, 0.2) is 40.6 Å². The number of amides is 1. The van der Waals surface area contributed by atoms with Crippen LogP contribution in [0.3, 0.4) is 0 Å². The molecule has 4 nitrogen and oxygen atoms in total. The molecule has 2 heterocycles. The van der Waals surface area contributed by atoms with Crippen LogP contribution in [0.1, 0.15) is 29.0 Å². The standard InChI is InChI=1S/C19H25N3OS2.2ClH/c1-13(20)19(23)21-11-17(14-3-5-16(24-2)6-4-14)22-9-7-18-15(12-22)8-10-25-18;;/h3-6,8,10,13,17H,7,9,11-12,20H2,1-2H3,(H,21,23);2*1H/t13-,17?;;/m1../s1. The van der Waals surface area contributed by atoms with Crippen LogP contribution in [-0.4, -0.2) is 36.2 Å². The second-order valence-electron chi connectivity index (χ2n) is 6.41. The SMILES string of the molecule is CSc1ccc(C(CNC(=O)[C@@H](C)N)N2CCc3sccc3C2)cc1.Cl.Cl. The molecule has 0 saturated heterocycles. The Morgan fingerprint density at radius 2 is 2.00 bits per heavy atom. The van der Waals surface area contributed by atoms with Gasteiger partial charge in [0.2, 0.25) is 5.91 Å². The van der Waals surface area contributed by atoms with Crippen molar-refractivity contribution in [2.24, 2.45) is 5.73 Å². The van der Waals surface area contributed by atoms with Gasteiger partial charge in [-0.15, -0.1) is 47.9 Å². The molecule has 2 aromatic rings. The van der Waals surface area contributed by atoms with E-state index in [0.717, 1.165) is 19.5 Å². The van der Waals surface area contributed by atoms with E-state index in [0.29, 0.717) is 6.54 Å². The number of fused-ring (bicyclic) bond motifs is 1. The zero-order valence-corrected chi connectivity index (χ0v) is 18.8. The Hall–Kier alpha value is -0.760. The average molecular weight is 448 g/mol. The summed E-state index contributed by atoms with van der Waals surface area (Å²) in [6.45, 7) is 4.24. The number of thiophene rings is 1. The molecule has 1 aliphatic rings. The van der Waals surface area contributed by atoms with Gasteiger partial charge in [-0.25, -0.2) is 0 Å². The highest BCUT2D eigenvalue weighted by molar-refractivity contribution is 7.98. The fraction of sp³-hybridized carbons (Fsp3) is 0.421. The number of hydrogen-bond acceptors (Lipinski definition) is 5. The van der Waals surface area contributed by atoms with E-state index in [1.54, 1.807) is 18.7 Å². The molecule has 1 unspecified atom stereocenters. The maximum Gasteiger partial charge on any atom is 0.236 e. The van der Waals surface area contributed by atoms with Crippen molar-refractivity contribution < 1.29 is 4.79 Å². The molecule has 0 fully saturated rings. The number of nitrogens with zero attached hydrogens (tertiary/aromatic N) is 1. The van der Waals surface area contributed by atoms with Gasteiger partial charge in [-0.1, -0.05) is 12.1 Å². The largest absolute Gasteiger partial charge is 0.353 e. The van der Waals surface area contributed by atoms with Gasteiger partial charge < -0.3 is 11.1 Å². The lowest BCUT2D eigenvalue weighted by molar-refractivity contribution is -0.122. The molecule has 1 aliphatic heterocycles. The molecule has 150 valence electrons. The highest BCUT2D eigenvalue weighted by atomic mass is 35.5. The molecule has 2 atom stereocenters. The lowest BCUT2D eigenvalue weighted by atomic mass is 10.0. The third-order valence-electron chi connectivity index (χ3n) is 4.66. The number of halogens is 2. The third kappa shape index (κ3) is 6.11. The molecule has 3 N–H and O–H groups in total. The summed E-state index contributed by atoms with van der Waals surface area (Å²) in [7, 11) is 0. The molecule has 0 bridgehead atoms. The number of nitrogens with two attached hydrogens (primary N) is 1. The smallest absolute Gasteiger partial charge is 0.236 e. The Balaban J connectivity index is 0.00000182. The maximum absolute atomic E-state index is 12.0. The second kappa shape index (κ2) is 11.3. The fourth-order valence-electron chi connectivity index (χ4n) is 3.18. The summed E-state index contributed by atoms with van der Waals surface area (Å²) in [4.78, 5) is 17.2. The van der Waals surface area contributed by atoms with E-state index in [-0.39, 0.29) is 36.8 Å². The van der Waals surface area contributed by atoms with Crippen LogP contribution < -0.4 is 11.1 Å². The van der Waals surface area contributed by atoms with Crippen molar-refractivity contribution in [2.75, 3.05) is 19.3 Å². The molecule has 1 aromatic carbocycles. The Morgan fingerprint density at radius 3 is 2.63 bits per heavy atom. The topological polar surface area (TPSA) is 58.4 Å². The van der Waals surface area contributed by atoms with E-state index in [2.05, 4.69) is 52.2 Å². The highest BCUT2D eigenvalue weighted by Gasteiger charge is 2.26. The number of rotatable bonds is 6. The first-order chi connectivity index (χ1) is 12.1. The van der Waals surface area contributed by atoms with Crippen molar-refractivity contribution >= 4 is 53.8 Å². The number of hydrogen-bond donors (Lipinski definition) is 2. The summed E-state index contributed by atoms with van der Waals surface area (Å²) in [5.74, 6) is -0.0982. The van der Waals surface area contributed by atoms with E-state index in [9.17, 15) is 4.79 Å². The molecule has 0 saturated carbocycles. The minimum Gasteiger partial charge on any atom is -0.353 e. The van der Waals surface area contributed by atoms with Gasteiger partial charge in [-0.05, 0) is 54.3 Å². The normalized spacial score (nSPS) is 15.7. The quantitative estimate of drug-likeness (QED) is 0.659. The van der Waals surface area contributed by atoms with Crippen LogP contribution >= 0.6 is 47.9 Å². The van der Waals surface area contributed by atoms with E-state index >= 15 is 0 Å². The highest BCUT2D eigenvalue weighted by Crippen LogP contribution is 2.31. The first-order valence-electron chi connectivity index (χ1n) is 8.55. The van der Waals surface area contributed by atoms with E-state index < -0.39 is 6.04 Å². The Bertz CT molecular complexity index is 722. The van der Waals surface area contributed by atoms with Crippen molar-refractivity contribution in [1.82, 2.24) is 10.2 Å². The average Bonchev–Trinajstić information content (AvgIpc) is 3.10. The predicted octanol–water partition coefficient (Wildman–Crippen LogP) is 3.88. The van der Waals surface area contributed by atoms with Crippen LogP contribution in [-0.2, 0) is 17.8 Å². The Labute approximate surface area is 182 Å². The van der Waals surface area contributed by atoms with Gasteiger partial charge in [-0.3, -0.25) is 9.69 Å². The first kappa shape index (κ1) is 24.3. The monoisotopic (exact) mass is 447 g/mol. The molecule has 1 amide bonds. The number of carbonyl (C=O) groups excluding carboxylic acids is 1. The summed E-state index contributed by atoms with van der Waals surface area (Å²) in [6, 6.07) is 10.6. The zero-order chi connectivity index (χ0) is 17.8. The van der Waals surface area contributed by atoms with Gasteiger partial charge in [0.25, 0.3) is 0 Å². The van der Waals surface area contributed by atoms with Gasteiger partial charge >= 0.3 is 0 Å². The van der Waals surface area contributed by atoms with Crippen molar-refractivity contribution in [3.63, 3.8) is 0 Å². The summed E-state index contributed by atoms with van der Waals surface area (Å²) >= 11 is 3.59. The summed E-state index contributed by atoms with van der Waals surface area (Å²) in [6.07, 6.45) is 3.16. The molecule has 0 aliphatic carbocycles. The van der Waals surface area contributed by atoms with Crippen LogP contribution in [0.2, 0.25) is 0 Å². The van der Waals surface area contributed by atoms with Gasteiger partial charge in [0.05, 0.1) is 12.1 Å². The molecule has 27 heavy (non-hydrogen) atoms. The molecular formula is C19H27Cl2N3OS2. The second-order valence-corrected chi connectivity index (χ2v) is 8.29. The fourth-order valence-corrected chi connectivity index (χ4v) is 4.48. The van der Waals surface area contributed by atoms with Gasteiger partial charge in [-0.2, -0.15) is 0 Å². The van der Waals surface area contributed by atoms with Crippen molar-refractivity contribution in [3.8, 4) is 0 Å². The van der Waals surface area contributed by atoms with Gasteiger partial charge in [0.15, 0.2) is 0 Å². The molecule has 8 heteroatoms. The van der Waals surface area contributed by atoms with Crippen LogP contribution in [0.5, 0.6) is 0 Å². The van der Waals surface area contributed by atoms with Gasteiger partial charge in [0.1, 0.15) is 0 Å². The number of thioether (sulfide) groups is 1. The number of nitrogens with one attached hydrogen (secondary N) is 1. The molecule has 1 aromatic heterocycles. The lowest BCUT2D eigenvalue weighted by Crippen LogP contribution is -2.44. The van der Waals surface area contributed by atoms with E-state index in [4.69, 9.17) is 5.73 Å². The van der Waals surface area contributed by atoms with Crippen molar-refractivity contribution in [1.29, 1.82) is 0 Å². The third-order valence-corrected chi connectivity index (χ3v) is 6.43. The summed E-state index contributed by atoms with van der Waals surface area (Å²) < 4.78 is 0. The lowest BCUT2D eigenvalue weighted by Gasteiger charge is -2.35. The Kier molecular flexibility index (Phi) is 10.2. The minimum atomic E-state index is -0.482. The van der Waals surface area contributed by atoms with Crippen LogP contribution in [0.4, 0.5) is 0 Å². The Morgan fingerprint density at radius 1 is 1.30 bits per heavy atom. The molecule has 0 radical (unpaired) electrons. The van der Waals surface area contributed by atoms with Crippen LogP contribution in [0, 0.1) is 0 Å². The van der Waals surface area contributed by atoms with E-state index in [1.165, 1.54) is 20.9 Å². The number of benzene rings is 1. The number of carbonyl (C=O) groups is 1. The summed E-state index contributed by atoms with van der Waals surface area (Å²) in [5.41, 5.74) is 8.35. The van der Waals surface area contributed by atoms with Crippen molar-refractivity contribution in [3.05, 3.63) is 51.7 Å². The van der Waals surface area contributed by atoms with Gasteiger partial charge in [0, 0.05) is 29.4 Å². The zero-order valence-electron chi connectivity index (χ0n) is 15.5. The molecule has 3 rings (SSSR count).